The van der Waals surface area contributed by atoms with Crippen molar-refractivity contribution in [2.24, 2.45) is 0 Å². The molecule has 0 aliphatic heterocycles. The maximum absolute atomic E-state index is 11.7. The van der Waals surface area contributed by atoms with Crippen LogP contribution in [0.15, 0.2) is 30.8 Å². The fraction of sp³-hybridized carbons (Fsp3) is 0.308. The Morgan fingerprint density at radius 2 is 1.93 bits per heavy atom. The largest absolute Gasteiger partial charge is 0.294 e. The quantitative estimate of drug-likeness (QED) is 0.405. The molecule has 0 aromatic heterocycles. The predicted molar refractivity (Wildman–Crippen MR) is 65.4 cm³/mol. The fourth-order valence-electron chi connectivity index (χ4n) is 1.33. The summed E-state index contributed by atoms with van der Waals surface area (Å²) in [6, 6.07) is 7.50. The van der Waals surface area contributed by atoms with E-state index >= 15 is 0 Å². The number of carbonyl (C=O) groups is 1. The van der Waals surface area contributed by atoms with Crippen molar-refractivity contribution >= 4 is 23.5 Å². The van der Waals surface area contributed by atoms with E-state index in [1.807, 2.05) is 24.3 Å². The summed E-state index contributed by atoms with van der Waals surface area (Å²) in [5.41, 5.74) is 1.81. The Morgan fingerprint density at radius 3 is 2.47 bits per heavy atom. The molecule has 0 saturated carbocycles. The molecule has 0 saturated heterocycles. The number of alkyl halides is 1. The summed E-state index contributed by atoms with van der Waals surface area (Å²) in [6.45, 7) is 3.67. The molecule has 0 unspecified atom stereocenters. The Balaban J connectivity index is 2.54. The zero-order chi connectivity index (χ0) is 11.1. The normalized spacial score (nSPS) is 9.93. The molecular formula is C13H15ClO. The molecule has 0 aliphatic rings. The van der Waals surface area contributed by atoms with E-state index in [2.05, 4.69) is 6.58 Å². The first-order valence-corrected chi connectivity index (χ1v) is 5.63. The number of ketones is 1. The minimum atomic E-state index is 0.190. The van der Waals surface area contributed by atoms with Crippen molar-refractivity contribution in [1.82, 2.24) is 0 Å². The Hall–Kier alpha value is -1.08. The molecule has 0 atom stereocenters. The van der Waals surface area contributed by atoms with Crippen LogP contribution < -0.4 is 0 Å². The second-order valence-corrected chi connectivity index (χ2v) is 3.77. The zero-order valence-electron chi connectivity index (χ0n) is 8.71. The Labute approximate surface area is 95.8 Å². The van der Waals surface area contributed by atoms with Crippen molar-refractivity contribution in [2.45, 2.75) is 19.3 Å². The molecule has 1 aromatic carbocycles. The number of benzene rings is 1. The summed E-state index contributed by atoms with van der Waals surface area (Å²) in [5.74, 6) is 0.818. The monoisotopic (exact) mass is 222 g/mol. The van der Waals surface area contributed by atoms with Gasteiger partial charge >= 0.3 is 0 Å². The van der Waals surface area contributed by atoms with Crippen molar-refractivity contribution in [2.75, 3.05) is 5.88 Å². The van der Waals surface area contributed by atoms with Gasteiger partial charge in [0.25, 0.3) is 0 Å². The molecule has 2 heteroatoms. The van der Waals surface area contributed by atoms with Crippen LogP contribution in [0.3, 0.4) is 0 Å². The molecule has 0 radical (unpaired) electrons. The SMILES string of the molecule is C=Cc1ccc(C(=O)CCCCCl)cc1. The molecule has 0 N–H and O–H groups in total. The summed E-state index contributed by atoms with van der Waals surface area (Å²) in [4.78, 5) is 11.7. The molecular weight excluding hydrogens is 208 g/mol. The average molecular weight is 223 g/mol. The topological polar surface area (TPSA) is 17.1 Å². The van der Waals surface area contributed by atoms with Gasteiger partial charge in [0.1, 0.15) is 0 Å². The van der Waals surface area contributed by atoms with Gasteiger partial charge in [-0.3, -0.25) is 4.79 Å². The van der Waals surface area contributed by atoms with Crippen LogP contribution >= 0.6 is 11.6 Å². The number of hydrogen-bond acceptors (Lipinski definition) is 1. The van der Waals surface area contributed by atoms with E-state index in [9.17, 15) is 4.79 Å². The van der Waals surface area contributed by atoms with E-state index < -0.39 is 0 Å². The van der Waals surface area contributed by atoms with E-state index in [0.717, 1.165) is 24.0 Å². The Bertz CT molecular complexity index is 327. The maximum Gasteiger partial charge on any atom is 0.162 e. The second kappa shape index (κ2) is 6.41. The molecule has 0 heterocycles. The molecule has 0 spiro atoms. The number of Topliss-reactive ketones (excluding diaryl/α,β-unsaturated/α-hetero) is 1. The number of hydrogen-bond donors (Lipinski definition) is 0. The van der Waals surface area contributed by atoms with Gasteiger partial charge in [-0.2, -0.15) is 0 Å². The lowest BCUT2D eigenvalue weighted by molar-refractivity contribution is 0.0980. The van der Waals surface area contributed by atoms with Crippen LogP contribution in [-0.2, 0) is 0 Å². The highest BCUT2D eigenvalue weighted by Gasteiger charge is 2.04. The lowest BCUT2D eigenvalue weighted by Crippen LogP contribution is -1.98. The Kier molecular flexibility index (Phi) is 5.13. The van der Waals surface area contributed by atoms with Crippen molar-refractivity contribution in [3.8, 4) is 0 Å². The van der Waals surface area contributed by atoms with Gasteiger partial charge in [0.05, 0.1) is 0 Å². The van der Waals surface area contributed by atoms with Crippen LogP contribution in [-0.4, -0.2) is 11.7 Å². The minimum Gasteiger partial charge on any atom is -0.294 e. The van der Waals surface area contributed by atoms with E-state index in [0.29, 0.717) is 12.3 Å². The van der Waals surface area contributed by atoms with Gasteiger partial charge < -0.3 is 0 Å². The van der Waals surface area contributed by atoms with Crippen LogP contribution in [0.4, 0.5) is 0 Å². The zero-order valence-corrected chi connectivity index (χ0v) is 9.46. The molecule has 1 nitrogen and oxygen atoms in total. The third-order valence-corrected chi connectivity index (χ3v) is 2.52. The lowest BCUT2D eigenvalue weighted by atomic mass is 10.0. The van der Waals surface area contributed by atoms with Gasteiger partial charge in [0, 0.05) is 17.9 Å². The summed E-state index contributed by atoms with van der Waals surface area (Å²) in [6.07, 6.45) is 4.12. The molecule has 1 rings (SSSR count). The van der Waals surface area contributed by atoms with Crippen molar-refractivity contribution < 1.29 is 4.79 Å². The third-order valence-electron chi connectivity index (χ3n) is 2.26. The number of carbonyl (C=O) groups excluding carboxylic acids is 1. The molecule has 15 heavy (non-hydrogen) atoms. The summed E-state index contributed by atoms with van der Waals surface area (Å²) >= 11 is 5.55. The first-order valence-electron chi connectivity index (χ1n) is 5.09. The first-order chi connectivity index (χ1) is 7.27. The van der Waals surface area contributed by atoms with Gasteiger partial charge in [-0.25, -0.2) is 0 Å². The second-order valence-electron chi connectivity index (χ2n) is 3.40. The lowest BCUT2D eigenvalue weighted by Gasteiger charge is -2.00. The molecule has 0 amide bonds. The Morgan fingerprint density at radius 1 is 1.27 bits per heavy atom. The standard InChI is InChI=1S/C13H15ClO/c1-2-11-6-8-12(9-7-11)13(15)5-3-4-10-14/h2,6-9H,1,3-5,10H2. The molecule has 80 valence electrons. The van der Waals surface area contributed by atoms with Gasteiger partial charge in [0.2, 0.25) is 0 Å². The van der Waals surface area contributed by atoms with E-state index in [1.54, 1.807) is 6.08 Å². The summed E-state index contributed by atoms with van der Waals surface area (Å²) in [5, 5.41) is 0. The minimum absolute atomic E-state index is 0.190. The van der Waals surface area contributed by atoms with Crippen LogP contribution in [0.2, 0.25) is 0 Å². The molecule has 1 aromatic rings. The smallest absolute Gasteiger partial charge is 0.162 e. The molecule has 0 bridgehead atoms. The fourth-order valence-corrected chi connectivity index (χ4v) is 1.52. The molecule has 0 aliphatic carbocycles. The van der Waals surface area contributed by atoms with Gasteiger partial charge in [-0.05, 0) is 18.4 Å². The van der Waals surface area contributed by atoms with E-state index in [1.165, 1.54) is 0 Å². The van der Waals surface area contributed by atoms with E-state index in [-0.39, 0.29) is 5.78 Å². The third kappa shape index (κ3) is 3.88. The van der Waals surface area contributed by atoms with Gasteiger partial charge in [-0.1, -0.05) is 36.9 Å². The maximum atomic E-state index is 11.7. The average Bonchev–Trinajstić information content (AvgIpc) is 2.29. The highest BCUT2D eigenvalue weighted by atomic mass is 35.5. The van der Waals surface area contributed by atoms with Gasteiger partial charge in [-0.15, -0.1) is 11.6 Å². The van der Waals surface area contributed by atoms with Crippen molar-refractivity contribution in [3.63, 3.8) is 0 Å². The van der Waals surface area contributed by atoms with Crippen molar-refractivity contribution in [3.05, 3.63) is 42.0 Å². The predicted octanol–water partition coefficient (Wildman–Crippen LogP) is 3.92. The summed E-state index contributed by atoms with van der Waals surface area (Å²) in [7, 11) is 0. The molecule has 0 fully saturated rings. The highest BCUT2D eigenvalue weighted by Crippen LogP contribution is 2.10. The van der Waals surface area contributed by atoms with Crippen molar-refractivity contribution in [1.29, 1.82) is 0 Å². The van der Waals surface area contributed by atoms with E-state index in [4.69, 9.17) is 11.6 Å². The summed E-state index contributed by atoms with van der Waals surface area (Å²) < 4.78 is 0. The van der Waals surface area contributed by atoms with Gasteiger partial charge in [0.15, 0.2) is 5.78 Å². The van der Waals surface area contributed by atoms with Crippen LogP contribution in [0.5, 0.6) is 0 Å². The van der Waals surface area contributed by atoms with Crippen LogP contribution in [0.25, 0.3) is 6.08 Å². The first kappa shape index (κ1) is 12.0. The van der Waals surface area contributed by atoms with Crippen LogP contribution in [0, 0.1) is 0 Å². The number of halogens is 1. The van der Waals surface area contributed by atoms with Crippen LogP contribution in [0.1, 0.15) is 35.2 Å². The highest BCUT2D eigenvalue weighted by molar-refractivity contribution is 6.17. The number of unbranched alkanes of at least 4 members (excludes halogenated alkanes) is 1. The number of rotatable bonds is 6.